The number of halogens is 3. The fourth-order valence-corrected chi connectivity index (χ4v) is 4.06. The number of likely N-dealkylation sites (tertiary alicyclic amines) is 1. The number of amides is 2. The van der Waals surface area contributed by atoms with Gasteiger partial charge in [0.15, 0.2) is 0 Å². The van der Waals surface area contributed by atoms with Crippen LogP contribution >= 0.6 is 0 Å². The van der Waals surface area contributed by atoms with Crippen molar-refractivity contribution in [3.05, 3.63) is 23.8 Å². The average molecular weight is 412 g/mol. The zero-order valence-corrected chi connectivity index (χ0v) is 17.0. The Morgan fingerprint density at radius 1 is 1.10 bits per heavy atom. The van der Waals surface area contributed by atoms with Crippen LogP contribution in [0.1, 0.15) is 45.6 Å². The van der Waals surface area contributed by atoms with Crippen molar-refractivity contribution in [1.29, 1.82) is 0 Å². The number of ether oxygens (including phenoxy) is 1. The van der Waals surface area contributed by atoms with E-state index in [0.29, 0.717) is 50.1 Å². The van der Waals surface area contributed by atoms with Gasteiger partial charge in [0.2, 0.25) is 11.8 Å². The van der Waals surface area contributed by atoms with Crippen LogP contribution in [-0.4, -0.2) is 42.7 Å². The molecule has 8 heteroatoms. The Balaban J connectivity index is 1.76. The lowest BCUT2D eigenvalue weighted by Crippen LogP contribution is -2.50. The normalized spacial score (nSPS) is 20.3. The number of piperidine rings is 1. The number of anilines is 1. The van der Waals surface area contributed by atoms with Crippen LogP contribution in [0.25, 0.3) is 0 Å². The summed E-state index contributed by atoms with van der Waals surface area (Å²) in [6.07, 6.45) is -2.02. The van der Waals surface area contributed by atoms with Gasteiger partial charge in [-0.15, -0.1) is 13.2 Å². The van der Waals surface area contributed by atoms with Crippen LogP contribution in [0.5, 0.6) is 5.75 Å². The van der Waals surface area contributed by atoms with Crippen LogP contribution in [0.15, 0.2) is 18.2 Å². The van der Waals surface area contributed by atoms with Crippen molar-refractivity contribution in [2.75, 3.05) is 24.5 Å². The van der Waals surface area contributed by atoms with E-state index >= 15 is 0 Å². The molecule has 1 fully saturated rings. The van der Waals surface area contributed by atoms with Gasteiger partial charge in [0, 0.05) is 30.7 Å². The Kier molecular flexibility index (Phi) is 5.83. The topological polar surface area (TPSA) is 49.9 Å². The van der Waals surface area contributed by atoms with Gasteiger partial charge in [-0.2, -0.15) is 0 Å². The number of carbonyl (C=O) groups excluding carboxylic acids is 2. The van der Waals surface area contributed by atoms with E-state index in [0.717, 1.165) is 6.42 Å². The van der Waals surface area contributed by atoms with Gasteiger partial charge in [0.25, 0.3) is 0 Å². The maximum atomic E-state index is 13.2. The van der Waals surface area contributed by atoms with Gasteiger partial charge in [-0.25, -0.2) is 0 Å². The molecule has 1 saturated heterocycles. The first-order valence-corrected chi connectivity index (χ1v) is 9.95. The minimum absolute atomic E-state index is 0.0305. The van der Waals surface area contributed by atoms with Gasteiger partial charge in [-0.05, 0) is 49.4 Å². The van der Waals surface area contributed by atoms with Crippen LogP contribution in [0.4, 0.5) is 18.9 Å². The third kappa shape index (κ3) is 5.03. The van der Waals surface area contributed by atoms with Crippen molar-refractivity contribution in [3.8, 4) is 5.75 Å². The zero-order chi connectivity index (χ0) is 21.4. The number of rotatable bonds is 2. The number of hydrogen-bond donors (Lipinski definition) is 0. The Hall–Kier alpha value is -2.25. The summed E-state index contributed by atoms with van der Waals surface area (Å²) in [7, 11) is 0. The van der Waals surface area contributed by atoms with Crippen molar-refractivity contribution in [2.45, 2.75) is 52.8 Å². The predicted octanol–water partition coefficient (Wildman–Crippen LogP) is 4.15. The zero-order valence-electron chi connectivity index (χ0n) is 17.0. The maximum Gasteiger partial charge on any atom is 0.573 e. The number of aryl methyl sites for hydroxylation is 1. The summed E-state index contributed by atoms with van der Waals surface area (Å²) in [6, 6.07) is 4.13. The number of nitrogens with zero attached hydrogens (tertiary/aromatic N) is 2. The molecule has 2 aliphatic heterocycles. The molecule has 0 bridgehead atoms. The molecule has 0 saturated carbocycles. The minimum atomic E-state index is -4.75. The largest absolute Gasteiger partial charge is 0.573 e. The Bertz CT molecular complexity index is 786. The predicted molar refractivity (Wildman–Crippen MR) is 103 cm³/mol. The molecule has 2 amide bonds. The molecule has 1 atom stereocenters. The van der Waals surface area contributed by atoms with Crippen molar-refractivity contribution < 1.29 is 27.5 Å². The molecule has 0 aromatic heterocycles. The SMILES string of the molecule is CC(C)(C)C(=O)N1CCCC(C(=O)N2CCCc3cc(OC(F)(F)F)ccc32)C1. The van der Waals surface area contributed by atoms with Gasteiger partial charge >= 0.3 is 6.36 Å². The Morgan fingerprint density at radius 2 is 1.83 bits per heavy atom. The summed E-state index contributed by atoms with van der Waals surface area (Å²) in [5, 5.41) is 0. The van der Waals surface area contributed by atoms with E-state index in [1.165, 1.54) is 18.2 Å². The number of alkyl halides is 3. The van der Waals surface area contributed by atoms with Crippen LogP contribution in [0.3, 0.4) is 0 Å². The monoisotopic (exact) mass is 412 g/mol. The van der Waals surface area contributed by atoms with Crippen LogP contribution in [0.2, 0.25) is 0 Å². The number of benzene rings is 1. The fourth-order valence-electron chi connectivity index (χ4n) is 4.06. The molecule has 1 aromatic rings. The Morgan fingerprint density at radius 3 is 2.48 bits per heavy atom. The van der Waals surface area contributed by atoms with Gasteiger partial charge < -0.3 is 14.5 Å². The van der Waals surface area contributed by atoms with Crippen molar-refractivity contribution >= 4 is 17.5 Å². The molecule has 1 unspecified atom stereocenters. The lowest BCUT2D eigenvalue weighted by Gasteiger charge is -2.39. The second kappa shape index (κ2) is 7.88. The summed E-state index contributed by atoms with van der Waals surface area (Å²) in [5.41, 5.74) is 0.803. The highest BCUT2D eigenvalue weighted by Gasteiger charge is 2.36. The first kappa shape index (κ1) is 21.5. The van der Waals surface area contributed by atoms with E-state index in [2.05, 4.69) is 4.74 Å². The van der Waals surface area contributed by atoms with E-state index in [-0.39, 0.29) is 23.5 Å². The standard InChI is InChI=1S/C21H27F3N2O3/c1-20(2,3)19(28)25-10-4-7-15(13-25)18(27)26-11-5-6-14-12-16(8-9-17(14)26)29-21(22,23)24/h8-9,12,15H,4-7,10-11,13H2,1-3H3. The number of fused-ring (bicyclic) bond motifs is 1. The highest BCUT2D eigenvalue weighted by atomic mass is 19.4. The van der Waals surface area contributed by atoms with Crippen molar-refractivity contribution in [1.82, 2.24) is 4.90 Å². The second-order valence-electron chi connectivity index (χ2n) is 8.77. The molecule has 29 heavy (non-hydrogen) atoms. The third-order valence-electron chi connectivity index (χ3n) is 5.37. The van der Waals surface area contributed by atoms with Gasteiger partial charge in [-0.1, -0.05) is 20.8 Å². The van der Waals surface area contributed by atoms with Gasteiger partial charge in [-0.3, -0.25) is 9.59 Å². The van der Waals surface area contributed by atoms with E-state index in [1.807, 2.05) is 20.8 Å². The fraction of sp³-hybridized carbons (Fsp3) is 0.619. The molecular formula is C21H27F3N2O3. The van der Waals surface area contributed by atoms with E-state index in [9.17, 15) is 22.8 Å². The molecule has 0 radical (unpaired) electrons. The second-order valence-corrected chi connectivity index (χ2v) is 8.77. The first-order valence-electron chi connectivity index (χ1n) is 9.95. The molecule has 3 rings (SSSR count). The minimum Gasteiger partial charge on any atom is -0.406 e. The Labute approximate surface area is 168 Å². The molecule has 0 spiro atoms. The van der Waals surface area contributed by atoms with E-state index in [1.54, 1.807) is 9.80 Å². The summed E-state index contributed by atoms with van der Waals surface area (Å²) in [5.74, 6) is -0.609. The first-order chi connectivity index (χ1) is 13.5. The summed E-state index contributed by atoms with van der Waals surface area (Å²) < 4.78 is 41.5. The lowest BCUT2D eigenvalue weighted by molar-refractivity contribution is -0.274. The van der Waals surface area contributed by atoms with E-state index < -0.39 is 11.8 Å². The maximum absolute atomic E-state index is 13.2. The van der Waals surface area contributed by atoms with Crippen LogP contribution in [0, 0.1) is 11.3 Å². The van der Waals surface area contributed by atoms with Crippen LogP contribution < -0.4 is 9.64 Å². The highest BCUT2D eigenvalue weighted by Crippen LogP contribution is 2.34. The number of carbonyl (C=O) groups is 2. The molecule has 0 aliphatic carbocycles. The molecule has 160 valence electrons. The lowest BCUT2D eigenvalue weighted by atomic mass is 9.90. The summed E-state index contributed by atoms with van der Waals surface area (Å²) in [4.78, 5) is 29.3. The average Bonchev–Trinajstić information content (AvgIpc) is 2.64. The van der Waals surface area contributed by atoms with Crippen molar-refractivity contribution in [3.63, 3.8) is 0 Å². The van der Waals surface area contributed by atoms with Crippen molar-refractivity contribution in [2.24, 2.45) is 11.3 Å². The molecule has 0 N–H and O–H groups in total. The molecule has 2 aliphatic rings. The molecule has 2 heterocycles. The molecule has 1 aromatic carbocycles. The number of hydrogen-bond acceptors (Lipinski definition) is 3. The third-order valence-corrected chi connectivity index (χ3v) is 5.37. The van der Waals surface area contributed by atoms with Gasteiger partial charge in [0.05, 0.1) is 5.92 Å². The summed E-state index contributed by atoms with van der Waals surface area (Å²) in [6.45, 7) is 7.15. The smallest absolute Gasteiger partial charge is 0.406 e. The van der Waals surface area contributed by atoms with E-state index in [4.69, 9.17) is 0 Å². The molecular weight excluding hydrogens is 385 g/mol. The molecule has 5 nitrogen and oxygen atoms in total. The highest BCUT2D eigenvalue weighted by molar-refractivity contribution is 5.97. The summed E-state index contributed by atoms with van der Waals surface area (Å²) >= 11 is 0. The van der Waals surface area contributed by atoms with Crippen LogP contribution in [-0.2, 0) is 16.0 Å². The van der Waals surface area contributed by atoms with Gasteiger partial charge in [0.1, 0.15) is 5.75 Å². The quantitative estimate of drug-likeness (QED) is 0.733.